The van der Waals surface area contributed by atoms with Gasteiger partial charge in [0.2, 0.25) is 11.2 Å². The Morgan fingerprint density at radius 3 is 2.46 bits per heavy atom. The van der Waals surface area contributed by atoms with Crippen LogP contribution in [0.3, 0.4) is 0 Å². The van der Waals surface area contributed by atoms with E-state index in [4.69, 9.17) is 16.3 Å². The second kappa shape index (κ2) is 6.52. The maximum absolute atomic E-state index is 11.9. The quantitative estimate of drug-likeness (QED) is 0.597. The molecule has 7 nitrogen and oxygen atoms in total. The summed E-state index contributed by atoms with van der Waals surface area (Å²) in [7, 11) is 1.35. The Kier molecular flexibility index (Phi) is 4.60. The highest BCUT2D eigenvalue weighted by Crippen LogP contribution is 2.36. The van der Waals surface area contributed by atoms with Gasteiger partial charge < -0.3 is 14.5 Å². The van der Waals surface area contributed by atoms with E-state index in [0.717, 1.165) is 10.9 Å². The molecule has 0 N–H and O–H groups in total. The summed E-state index contributed by atoms with van der Waals surface area (Å²) < 4.78 is 4.84. The normalized spacial score (nSPS) is 15.0. The van der Waals surface area contributed by atoms with Crippen molar-refractivity contribution in [2.75, 3.05) is 38.2 Å². The Hall–Kier alpha value is -1.93. The highest BCUT2D eigenvalue weighted by atomic mass is 35.5. The third-order valence-electron chi connectivity index (χ3n) is 4.14. The van der Waals surface area contributed by atoms with Crippen LogP contribution in [0.15, 0.2) is 0 Å². The maximum atomic E-state index is 11.9. The summed E-state index contributed by atoms with van der Waals surface area (Å²) in [6, 6.07) is 0. The van der Waals surface area contributed by atoms with Crippen molar-refractivity contribution < 1.29 is 14.3 Å². The average Bonchev–Trinajstić information content (AvgIpc) is 2.90. The molecule has 128 valence electrons. The number of carbonyl (C=O) groups is 2. The average molecular weight is 369 g/mol. The molecule has 0 radical (unpaired) electrons. The van der Waals surface area contributed by atoms with Crippen molar-refractivity contribution >= 4 is 50.8 Å². The number of esters is 1. The number of halogens is 1. The molecule has 1 amide bonds. The fourth-order valence-electron chi connectivity index (χ4n) is 2.84. The number of aryl methyl sites for hydroxylation is 1. The Labute approximate surface area is 148 Å². The van der Waals surface area contributed by atoms with E-state index in [1.54, 1.807) is 11.8 Å². The second-order valence-electron chi connectivity index (χ2n) is 5.54. The van der Waals surface area contributed by atoms with Crippen LogP contribution in [0, 0.1) is 6.92 Å². The van der Waals surface area contributed by atoms with E-state index >= 15 is 0 Å². The lowest BCUT2D eigenvalue weighted by atomic mass is 10.2. The number of methoxy groups -OCH3 is 1. The molecule has 3 heterocycles. The summed E-state index contributed by atoms with van der Waals surface area (Å²) in [5, 5.41) is 0.963. The zero-order valence-corrected chi connectivity index (χ0v) is 15.2. The largest absolute Gasteiger partial charge is 0.465 e. The minimum absolute atomic E-state index is 0.0696. The monoisotopic (exact) mass is 368 g/mol. The number of rotatable bonds is 2. The third kappa shape index (κ3) is 2.91. The van der Waals surface area contributed by atoms with Crippen molar-refractivity contribution in [3.63, 3.8) is 0 Å². The molecular formula is C15H17ClN4O3S. The van der Waals surface area contributed by atoms with E-state index in [2.05, 4.69) is 14.9 Å². The SMILES string of the molecule is COC(=O)c1sc2nc(Cl)nc(N3CCN(C(C)=O)CC3)c2c1C. The summed E-state index contributed by atoms with van der Waals surface area (Å²) in [6.07, 6.45) is 0. The number of thiophene rings is 1. The molecule has 2 aromatic rings. The summed E-state index contributed by atoms with van der Waals surface area (Å²) >= 11 is 7.33. The first-order chi connectivity index (χ1) is 11.4. The van der Waals surface area contributed by atoms with Crippen molar-refractivity contribution in [2.24, 2.45) is 0 Å². The van der Waals surface area contributed by atoms with Crippen LogP contribution in [0.25, 0.3) is 10.2 Å². The molecule has 1 fully saturated rings. The van der Waals surface area contributed by atoms with Gasteiger partial charge in [-0.2, -0.15) is 4.98 Å². The minimum atomic E-state index is -0.390. The van der Waals surface area contributed by atoms with Crippen LogP contribution in [0.2, 0.25) is 5.28 Å². The van der Waals surface area contributed by atoms with Crippen molar-refractivity contribution in [1.29, 1.82) is 0 Å². The van der Waals surface area contributed by atoms with E-state index in [-0.39, 0.29) is 17.2 Å². The molecule has 1 aliphatic heterocycles. The summed E-state index contributed by atoms with van der Waals surface area (Å²) in [5.74, 6) is 0.385. The van der Waals surface area contributed by atoms with Crippen molar-refractivity contribution in [2.45, 2.75) is 13.8 Å². The van der Waals surface area contributed by atoms with Gasteiger partial charge >= 0.3 is 5.97 Å². The van der Waals surface area contributed by atoms with Gasteiger partial charge in [0.05, 0.1) is 12.5 Å². The van der Waals surface area contributed by atoms with Gasteiger partial charge in [-0.05, 0) is 24.1 Å². The fraction of sp³-hybridized carbons (Fsp3) is 0.467. The molecule has 1 saturated heterocycles. The Morgan fingerprint density at radius 1 is 1.21 bits per heavy atom. The summed E-state index contributed by atoms with van der Waals surface area (Å²) in [6.45, 7) is 6.01. The maximum Gasteiger partial charge on any atom is 0.348 e. The first-order valence-corrected chi connectivity index (χ1v) is 8.67. The van der Waals surface area contributed by atoms with Gasteiger partial charge in [0, 0.05) is 33.1 Å². The number of hydrogen-bond donors (Lipinski definition) is 0. The van der Waals surface area contributed by atoms with Crippen LogP contribution in [0.4, 0.5) is 5.82 Å². The van der Waals surface area contributed by atoms with E-state index in [9.17, 15) is 9.59 Å². The van der Waals surface area contributed by atoms with Gasteiger partial charge in [-0.15, -0.1) is 11.3 Å². The number of ether oxygens (including phenoxy) is 1. The van der Waals surface area contributed by atoms with Crippen LogP contribution in [0.1, 0.15) is 22.2 Å². The highest BCUT2D eigenvalue weighted by Gasteiger charge is 2.26. The number of hydrogen-bond acceptors (Lipinski definition) is 7. The zero-order chi connectivity index (χ0) is 17.4. The van der Waals surface area contributed by atoms with Crippen LogP contribution in [-0.2, 0) is 9.53 Å². The van der Waals surface area contributed by atoms with E-state index in [1.807, 2.05) is 6.92 Å². The van der Waals surface area contributed by atoms with E-state index in [1.165, 1.54) is 18.4 Å². The van der Waals surface area contributed by atoms with Crippen LogP contribution in [-0.4, -0.2) is 60.0 Å². The molecule has 0 atom stereocenters. The predicted molar refractivity (Wildman–Crippen MR) is 93.0 cm³/mol. The van der Waals surface area contributed by atoms with E-state index in [0.29, 0.717) is 41.7 Å². The van der Waals surface area contributed by atoms with Gasteiger partial charge in [0.15, 0.2) is 0 Å². The Bertz CT molecular complexity index is 815. The van der Waals surface area contributed by atoms with Gasteiger partial charge in [0.1, 0.15) is 15.5 Å². The number of carbonyl (C=O) groups excluding carboxylic acids is 2. The van der Waals surface area contributed by atoms with Gasteiger partial charge in [-0.1, -0.05) is 0 Å². The highest BCUT2D eigenvalue weighted by molar-refractivity contribution is 7.20. The first kappa shape index (κ1) is 16.9. The number of amides is 1. The summed E-state index contributed by atoms with van der Waals surface area (Å²) in [4.78, 5) is 37.1. The number of anilines is 1. The lowest BCUT2D eigenvalue weighted by Crippen LogP contribution is -2.48. The molecule has 3 rings (SSSR count). The molecule has 0 bridgehead atoms. The molecule has 0 unspecified atom stereocenters. The molecule has 1 aliphatic rings. The van der Waals surface area contributed by atoms with E-state index < -0.39 is 0 Å². The molecule has 0 aromatic carbocycles. The molecule has 0 aliphatic carbocycles. The molecule has 0 saturated carbocycles. The summed E-state index contributed by atoms with van der Waals surface area (Å²) in [5.41, 5.74) is 0.794. The van der Waals surface area contributed by atoms with Crippen LogP contribution >= 0.6 is 22.9 Å². The fourth-order valence-corrected chi connectivity index (χ4v) is 4.15. The zero-order valence-electron chi connectivity index (χ0n) is 13.6. The van der Waals surface area contributed by atoms with Gasteiger partial charge in [-0.25, -0.2) is 9.78 Å². The number of fused-ring (bicyclic) bond motifs is 1. The predicted octanol–water partition coefficient (Wildman–Crippen LogP) is 2.11. The second-order valence-corrected chi connectivity index (χ2v) is 6.87. The molecule has 24 heavy (non-hydrogen) atoms. The lowest BCUT2D eigenvalue weighted by molar-refractivity contribution is -0.129. The minimum Gasteiger partial charge on any atom is -0.465 e. The molecule has 9 heteroatoms. The smallest absolute Gasteiger partial charge is 0.348 e. The van der Waals surface area contributed by atoms with Crippen molar-refractivity contribution in [3.8, 4) is 0 Å². The topological polar surface area (TPSA) is 75.6 Å². The Balaban J connectivity index is 2.03. The van der Waals surface area contributed by atoms with Crippen LogP contribution < -0.4 is 4.90 Å². The first-order valence-electron chi connectivity index (χ1n) is 7.47. The Morgan fingerprint density at radius 2 is 1.88 bits per heavy atom. The van der Waals surface area contributed by atoms with Gasteiger partial charge in [0.25, 0.3) is 0 Å². The number of nitrogens with zero attached hydrogens (tertiary/aromatic N) is 4. The molecule has 0 spiro atoms. The third-order valence-corrected chi connectivity index (χ3v) is 5.47. The lowest BCUT2D eigenvalue weighted by Gasteiger charge is -2.35. The van der Waals surface area contributed by atoms with Crippen molar-refractivity contribution in [3.05, 3.63) is 15.7 Å². The number of piperazine rings is 1. The van der Waals surface area contributed by atoms with Crippen LogP contribution in [0.5, 0.6) is 0 Å². The standard InChI is InChI=1S/C15H17ClN4O3S/c1-8-10-12(20-6-4-19(5-7-20)9(2)21)17-15(16)18-13(10)24-11(8)14(22)23-3/h4-7H2,1-3H3. The molecular weight excluding hydrogens is 352 g/mol. The van der Waals surface area contributed by atoms with Gasteiger partial charge in [-0.3, -0.25) is 4.79 Å². The molecule has 2 aromatic heterocycles. The number of aromatic nitrogens is 2. The van der Waals surface area contributed by atoms with Crippen molar-refractivity contribution in [1.82, 2.24) is 14.9 Å².